The molecule has 9 heteroatoms. The average Bonchev–Trinajstić information content (AvgIpc) is 2.96. The third-order valence-corrected chi connectivity index (χ3v) is 4.00. The van der Waals surface area contributed by atoms with E-state index in [4.69, 9.17) is 5.11 Å². The number of hydrogen-bond donors (Lipinski definition) is 2. The van der Waals surface area contributed by atoms with Gasteiger partial charge in [0.2, 0.25) is 0 Å². The number of halogens is 4. The first-order valence-corrected chi connectivity index (χ1v) is 7.59. The predicted octanol–water partition coefficient (Wildman–Crippen LogP) is 3.46. The maximum absolute atomic E-state index is 13.1. The lowest BCUT2D eigenvalue weighted by molar-refractivity contribution is -0.138. The molecule has 0 radical (unpaired) electrons. The van der Waals surface area contributed by atoms with E-state index in [1.165, 1.54) is 6.07 Å². The van der Waals surface area contributed by atoms with Crippen LogP contribution in [0.5, 0.6) is 0 Å². The minimum Gasteiger partial charge on any atom is -0.396 e. The Hall–Kier alpha value is -1.87. The molecule has 0 amide bonds. The summed E-state index contributed by atoms with van der Waals surface area (Å²) in [5, 5.41) is 11.8. The molecule has 0 spiro atoms. The van der Waals surface area contributed by atoms with Crippen LogP contribution >= 0.6 is 15.9 Å². The van der Waals surface area contributed by atoms with Gasteiger partial charge >= 0.3 is 6.18 Å². The van der Waals surface area contributed by atoms with E-state index < -0.39 is 11.7 Å². The van der Waals surface area contributed by atoms with Crippen LogP contribution in [0.1, 0.15) is 12.0 Å². The molecule has 0 saturated carbocycles. The minimum absolute atomic E-state index is 0.0104. The first kappa shape index (κ1) is 16.0. The van der Waals surface area contributed by atoms with Gasteiger partial charge in [0, 0.05) is 30.0 Å². The molecule has 0 aliphatic carbocycles. The molecule has 3 aromatic rings. The predicted molar refractivity (Wildman–Crippen MR) is 83.4 cm³/mol. The van der Waals surface area contributed by atoms with Gasteiger partial charge in [0.1, 0.15) is 0 Å². The maximum Gasteiger partial charge on any atom is 0.417 e. The summed E-state index contributed by atoms with van der Waals surface area (Å²) >= 11 is 2.97. The van der Waals surface area contributed by atoms with E-state index in [9.17, 15) is 13.2 Å². The molecule has 1 aromatic carbocycles. The van der Waals surface area contributed by atoms with Crippen molar-refractivity contribution in [1.82, 2.24) is 14.4 Å². The van der Waals surface area contributed by atoms with Crippen LogP contribution in [0.15, 0.2) is 29.0 Å². The van der Waals surface area contributed by atoms with Gasteiger partial charge in [-0.15, -0.1) is 0 Å². The highest BCUT2D eigenvalue weighted by molar-refractivity contribution is 9.10. The van der Waals surface area contributed by atoms with Crippen molar-refractivity contribution in [2.24, 2.45) is 0 Å². The molecule has 23 heavy (non-hydrogen) atoms. The standard InChI is InChI=1S/C14H12BrF3N4O/c15-9-7-11-10(6-8(9)14(16,17)18)21-12(19-2-1-5-23)13-20-3-4-22(11)13/h3-4,6-7,23H,1-2,5H2,(H,19,21). The molecule has 0 aliphatic heterocycles. The van der Waals surface area contributed by atoms with Crippen LogP contribution < -0.4 is 5.32 Å². The summed E-state index contributed by atoms with van der Waals surface area (Å²) in [5.74, 6) is 0.381. The van der Waals surface area contributed by atoms with Crippen molar-refractivity contribution in [1.29, 1.82) is 0 Å². The molecular weight excluding hydrogens is 377 g/mol. The van der Waals surface area contributed by atoms with Crippen molar-refractivity contribution in [2.45, 2.75) is 12.6 Å². The summed E-state index contributed by atoms with van der Waals surface area (Å²) in [7, 11) is 0. The van der Waals surface area contributed by atoms with E-state index in [-0.39, 0.29) is 16.6 Å². The largest absolute Gasteiger partial charge is 0.417 e. The summed E-state index contributed by atoms with van der Waals surface area (Å²) in [6, 6.07) is 2.40. The Morgan fingerprint density at radius 1 is 1.30 bits per heavy atom. The third kappa shape index (κ3) is 2.98. The van der Waals surface area contributed by atoms with Crippen molar-refractivity contribution < 1.29 is 18.3 Å². The van der Waals surface area contributed by atoms with Gasteiger partial charge in [0.25, 0.3) is 0 Å². The number of anilines is 1. The summed E-state index contributed by atoms with van der Waals surface area (Å²) in [6.07, 6.45) is -0.751. The first-order chi connectivity index (χ1) is 10.9. The smallest absolute Gasteiger partial charge is 0.396 e. The van der Waals surface area contributed by atoms with Crippen LogP contribution in [-0.2, 0) is 6.18 Å². The van der Waals surface area contributed by atoms with Gasteiger partial charge in [-0.1, -0.05) is 15.9 Å². The van der Waals surface area contributed by atoms with Gasteiger partial charge in [0.15, 0.2) is 11.5 Å². The minimum atomic E-state index is -4.47. The van der Waals surface area contributed by atoms with E-state index in [2.05, 4.69) is 31.2 Å². The molecule has 0 unspecified atom stereocenters. The zero-order valence-electron chi connectivity index (χ0n) is 11.7. The highest BCUT2D eigenvalue weighted by atomic mass is 79.9. The fourth-order valence-corrected chi connectivity index (χ4v) is 2.86. The molecule has 0 saturated heterocycles. The molecule has 0 atom stereocenters. The lowest BCUT2D eigenvalue weighted by atomic mass is 10.2. The third-order valence-electron chi connectivity index (χ3n) is 3.34. The lowest BCUT2D eigenvalue weighted by Crippen LogP contribution is -2.09. The van der Waals surface area contributed by atoms with E-state index in [0.29, 0.717) is 29.9 Å². The van der Waals surface area contributed by atoms with Gasteiger partial charge in [-0.2, -0.15) is 13.2 Å². The van der Waals surface area contributed by atoms with Crippen molar-refractivity contribution in [2.75, 3.05) is 18.5 Å². The average molecular weight is 389 g/mol. The van der Waals surface area contributed by atoms with Crippen LogP contribution in [0, 0.1) is 0 Å². The molecule has 2 heterocycles. The van der Waals surface area contributed by atoms with Crippen molar-refractivity contribution in [3.8, 4) is 0 Å². The number of nitrogens with zero attached hydrogens (tertiary/aromatic N) is 3. The first-order valence-electron chi connectivity index (χ1n) is 6.80. The Bertz CT molecular complexity index is 862. The van der Waals surface area contributed by atoms with E-state index >= 15 is 0 Å². The molecule has 0 fully saturated rings. The van der Waals surface area contributed by atoms with Crippen molar-refractivity contribution >= 4 is 38.4 Å². The quantitative estimate of drug-likeness (QED) is 0.671. The second-order valence-electron chi connectivity index (χ2n) is 4.90. The SMILES string of the molecule is OCCCNc1nc2cc(C(F)(F)F)c(Br)cc2n2ccnc12. The van der Waals surface area contributed by atoms with Crippen molar-refractivity contribution in [3.05, 3.63) is 34.6 Å². The molecule has 2 N–H and O–H groups in total. The number of rotatable bonds is 4. The van der Waals surface area contributed by atoms with E-state index in [1.807, 2.05) is 0 Å². The van der Waals surface area contributed by atoms with Crippen molar-refractivity contribution in [3.63, 3.8) is 0 Å². The number of hydrogen-bond acceptors (Lipinski definition) is 4. The Morgan fingerprint density at radius 3 is 2.78 bits per heavy atom. The van der Waals surface area contributed by atoms with Gasteiger partial charge < -0.3 is 10.4 Å². The molecule has 0 bridgehead atoms. The molecule has 3 rings (SSSR count). The number of imidazole rings is 1. The Balaban J connectivity index is 2.20. The van der Waals surface area contributed by atoms with Crippen LogP contribution in [-0.4, -0.2) is 32.6 Å². The maximum atomic E-state index is 13.1. The van der Waals surface area contributed by atoms with Gasteiger partial charge in [0.05, 0.1) is 16.6 Å². The topological polar surface area (TPSA) is 62.5 Å². The number of aliphatic hydroxyl groups is 1. The van der Waals surface area contributed by atoms with E-state index in [1.54, 1.807) is 16.8 Å². The highest BCUT2D eigenvalue weighted by Crippen LogP contribution is 2.37. The van der Waals surface area contributed by atoms with Gasteiger partial charge in [-0.05, 0) is 18.6 Å². The fraction of sp³-hybridized carbons (Fsp3) is 0.286. The van der Waals surface area contributed by atoms with Crippen LogP contribution in [0.25, 0.3) is 16.7 Å². The Labute approximate surface area is 137 Å². The Kier molecular flexibility index (Phi) is 4.15. The van der Waals surface area contributed by atoms with Gasteiger partial charge in [-0.3, -0.25) is 4.40 Å². The van der Waals surface area contributed by atoms with Crippen LogP contribution in [0.2, 0.25) is 0 Å². The zero-order valence-corrected chi connectivity index (χ0v) is 13.3. The number of fused-ring (bicyclic) bond motifs is 3. The monoisotopic (exact) mass is 388 g/mol. The lowest BCUT2D eigenvalue weighted by Gasteiger charge is -2.13. The normalized spacial score (nSPS) is 12.2. The molecular formula is C14H12BrF3N4O. The second kappa shape index (κ2) is 5.97. The molecule has 0 aliphatic rings. The summed E-state index contributed by atoms with van der Waals surface area (Å²) in [4.78, 5) is 8.45. The second-order valence-corrected chi connectivity index (χ2v) is 5.76. The fourth-order valence-electron chi connectivity index (χ4n) is 2.30. The molecule has 2 aromatic heterocycles. The zero-order chi connectivity index (χ0) is 16.6. The number of aromatic nitrogens is 3. The van der Waals surface area contributed by atoms with Gasteiger partial charge in [-0.25, -0.2) is 9.97 Å². The molecule has 122 valence electrons. The van der Waals surface area contributed by atoms with E-state index in [0.717, 1.165) is 6.07 Å². The van der Waals surface area contributed by atoms with Crippen LogP contribution in [0.3, 0.4) is 0 Å². The highest BCUT2D eigenvalue weighted by Gasteiger charge is 2.33. The summed E-state index contributed by atoms with van der Waals surface area (Å²) in [5.41, 5.74) is 0.461. The number of aliphatic hydroxyl groups excluding tert-OH is 1. The van der Waals surface area contributed by atoms with Crippen LogP contribution in [0.4, 0.5) is 19.0 Å². The summed E-state index contributed by atoms with van der Waals surface area (Å²) < 4.78 is 40.8. The summed E-state index contributed by atoms with van der Waals surface area (Å²) in [6.45, 7) is 0.455. The number of alkyl halides is 3. The molecule has 5 nitrogen and oxygen atoms in total. The number of nitrogens with one attached hydrogen (secondary N) is 1. The Morgan fingerprint density at radius 2 is 2.09 bits per heavy atom. The number of benzene rings is 1.